The molecule has 2 aromatic carbocycles. The van der Waals surface area contributed by atoms with E-state index in [2.05, 4.69) is 0 Å². The van der Waals surface area contributed by atoms with Crippen molar-refractivity contribution in [2.45, 2.75) is 13.8 Å². The van der Waals surface area contributed by atoms with Crippen LogP contribution in [0, 0.1) is 13.8 Å². The largest absolute Gasteiger partial charge is 0.493 e. The minimum Gasteiger partial charge on any atom is -0.493 e. The van der Waals surface area contributed by atoms with E-state index in [-0.39, 0.29) is 4.99 Å². The standard InChI is InChI=1S/C18H20ClNO3S/c1-11-5-4-6-12(2)16(11)22-7-8-23-17-14(19)9-13(18(20)24)10-15(17)21-3/h4-6,9-10H,7-8H2,1-3H3,(H2,20,24). The predicted molar refractivity (Wildman–Crippen MR) is 101 cm³/mol. The molecule has 0 atom stereocenters. The van der Waals surface area contributed by atoms with Crippen molar-refractivity contribution >= 4 is 28.8 Å². The summed E-state index contributed by atoms with van der Waals surface area (Å²) in [5.74, 6) is 1.81. The van der Waals surface area contributed by atoms with Gasteiger partial charge in [0.1, 0.15) is 24.0 Å². The Kier molecular flexibility index (Phi) is 6.29. The van der Waals surface area contributed by atoms with Gasteiger partial charge >= 0.3 is 0 Å². The maximum Gasteiger partial charge on any atom is 0.179 e. The quantitative estimate of drug-likeness (QED) is 0.592. The van der Waals surface area contributed by atoms with Gasteiger partial charge in [0.25, 0.3) is 0 Å². The van der Waals surface area contributed by atoms with E-state index in [9.17, 15) is 0 Å². The van der Waals surface area contributed by atoms with Crippen molar-refractivity contribution in [2.24, 2.45) is 5.73 Å². The lowest BCUT2D eigenvalue weighted by Crippen LogP contribution is -2.12. The first-order valence-corrected chi connectivity index (χ1v) is 8.21. The van der Waals surface area contributed by atoms with Gasteiger partial charge in [-0.2, -0.15) is 0 Å². The van der Waals surface area contributed by atoms with Crippen LogP contribution in [0.3, 0.4) is 0 Å². The second kappa shape index (κ2) is 8.22. The van der Waals surface area contributed by atoms with E-state index in [0.717, 1.165) is 16.9 Å². The Morgan fingerprint density at radius 3 is 2.21 bits per heavy atom. The number of rotatable bonds is 7. The van der Waals surface area contributed by atoms with Crippen LogP contribution >= 0.6 is 23.8 Å². The third-order valence-electron chi connectivity index (χ3n) is 3.50. The number of benzene rings is 2. The topological polar surface area (TPSA) is 53.7 Å². The number of thiocarbonyl (C=S) groups is 1. The molecule has 4 nitrogen and oxygen atoms in total. The highest BCUT2D eigenvalue weighted by atomic mass is 35.5. The number of hydrogen-bond donors (Lipinski definition) is 1. The van der Waals surface area contributed by atoms with Crippen molar-refractivity contribution in [1.29, 1.82) is 0 Å². The summed E-state index contributed by atoms with van der Waals surface area (Å²) in [4.78, 5) is 0.250. The third-order valence-corrected chi connectivity index (χ3v) is 4.02. The normalized spacial score (nSPS) is 10.3. The number of methoxy groups -OCH3 is 1. The van der Waals surface area contributed by atoms with Crippen molar-refractivity contribution in [1.82, 2.24) is 0 Å². The molecular formula is C18H20ClNO3S. The number of ether oxygens (including phenoxy) is 3. The first-order valence-electron chi connectivity index (χ1n) is 7.43. The zero-order valence-electron chi connectivity index (χ0n) is 13.9. The van der Waals surface area contributed by atoms with Crippen LogP contribution < -0.4 is 19.9 Å². The molecule has 0 aliphatic heterocycles. The predicted octanol–water partition coefficient (Wildman–Crippen LogP) is 4.06. The molecule has 2 aromatic rings. The van der Waals surface area contributed by atoms with Crippen LogP contribution in [0.2, 0.25) is 5.02 Å². The monoisotopic (exact) mass is 365 g/mol. The van der Waals surface area contributed by atoms with Gasteiger partial charge in [0.15, 0.2) is 11.5 Å². The zero-order valence-corrected chi connectivity index (χ0v) is 15.5. The molecule has 2 rings (SSSR count). The Balaban J connectivity index is 2.03. The SMILES string of the molecule is COc1cc(C(N)=S)cc(Cl)c1OCCOc1c(C)cccc1C. The number of para-hydroxylation sites is 1. The highest BCUT2D eigenvalue weighted by Crippen LogP contribution is 2.36. The smallest absolute Gasteiger partial charge is 0.179 e. The van der Waals surface area contributed by atoms with Crippen LogP contribution in [0.25, 0.3) is 0 Å². The van der Waals surface area contributed by atoms with Crippen LogP contribution in [0.4, 0.5) is 0 Å². The van der Waals surface area contributed by atoms with Crippen molar-refractivity contribution in [2.75, 3.05) is 20.3 Å². The molecule has 128 valence electrons. The summed E-state index contributed by atoms with van der Waals surface area (Å²) < 4.78 is 16.8. The molecule has 0 saturated heterocycles. The van der Waals surface area contributed by atoms with Gasteiger partial charge in [-0.3, -0.25) is 0 Å². The summed E-state index contributed by atoms with van der Waals surface area (Å²) in [5.41, 5.74) is 8.44. The molecule has 0 heterocycles. The molecule has 0 saturated carbocycles. The van der Waals surface area contributed by atoms with Crippen LogP contribution in [0.15, 0.2) is 30.3 Å². The molecule has 0 unspecified atom stereocenters. The Labute approximate surface area is 152 Å². The average molecular weight is 366 g/mol. The molecule has 0 bridgehead atoms. The molecule has 0 aliphatic rings. The lowest BCUT2D eigenvalue weighted by Gasteiger charge is -2.15. The molecule has 24 heavy (non-hydrogen) atoms. The Morgan fingerprint density at radius 2 is 1.67 bits per heavy atom. The summed E-state index contributed by atoms with van der Waals surface area (Å²) in [6.07, 6.45) is 0. The van der Waals surface area contributed by atoms with E-state index >= 15 is 0 Å². The summed E-state index contributed by atoms with van der Waals surface area (Å²) in [7, 11) is 1.54. The summed E-state index contributed by atoms with van der Waals surface area (Å²) in [6.45, 7) is 4.74. The Hall–Kier alpha value is -1.98. The molecule has 0 spiro atoms. The molecule has 0 aromatic heterocycles. The van der Waals surface area contributed by atoms with E-state index in [0.29, 0.717) is 35.3 Å². The molecule has 0 fully saturated rings. The average Bonchev–Trinajstić information content (AvgIpc) is 2.54. The molecular weight excluding hydrogens is 346 g/mol. The fourth-order valence-electron chi connectivity index (χ4n) is 2.32. The van der Waals surface area contributed by atoms with E-state index < -0.39 is 0 Å². The number of nitrogens with two attached hydrogens (primary N) is 1. The first-order chi connectivity index (χ1) is 11.4. The highest BCUT2D eigenvalue weighted by molar-refractivity contribution is 7.80. The fraction of sp³-hybridized carbons (Fsp3) is 0.278. The van der Waals surface area contributed by atoms with E-state index in [1.807, 2.05) is 32.0 Å². The van der Waals surface area contributed by atoms with Gasteiger partial charge in [-0.25, -0.2) is 0 Å². The summed E-state index contributed by atoms with van der Waals surface area (Å²) >= 11 is 11.2. The van der Waals surface area contributed by atoms with Gasteiger partial charge < -0.3 is 19.9 Å². The maximum atomic E-state index is 6.24. The van der Waals surface area contributed by atoms with Gasteiger partial charge in [-0.05, 0) is 37.1 Å². The number of halogens is 1. The number of aryl methyl sites for hydroxylation is 2. The van der Waals surface area contributed by atoms with E-state index in [1.54, 1.807) is 12.1 Å². The number of hydrogen-bond acceptors (Lipinski definition) is 4. The minimum atomic E-state index is 0.250. The summed E-state index contributed by atoms with van der Waals surface area (Å²) in [5, 5.41) is 0.393. The van der Waals surface area contributed by atoms with Gasteiger partial charge in [-0.1, -0.05) is 42.0 Å². The minimum absolute atomic E-state index is 0.250. The van der Waals surface area contributed by atoms with Gasteiger partial charge in [0, 0.05) is 5.56 Å². The van der Waals surface area contributed by atoms with Crippen LogP contribution in [-0.4, -0.2) is 25.3 Å². The van der Waals surface area contributed by atoms with Crippen LogP contribution in [-0.2, 0) is 0 Å². The lowest BCUT2D eigenvalue weighted by atomic mass is 10.1. The Morgan fingerprint density at radius 1 is 1.08 bits per heavy atom. The van der Waals surface area contributed by atoms with Crippen molar-refractivity contribution in [3.8, 4) is 17.2 Å². The fourth-order valence-corrected chi connectivity index (χ4v) is 2.70. The van der Waals surface area contributed by atoms with Crippen molar-refractivity contribution < 1.29 is 14.2 Å². The maximum absolute atomic E-state index is 6.24. The van der Waals surface area contributed by atoms with Gasteiger partial charge in [0.05, 0.1) is 12.1 Å². The van der Waals surface area contributed by atoms with Crippen LogP contribution in [0.1, 0.15) is 16.7 Å². The van der Waals surface area contributed by atoms with Crippen molar-refractivity contribution in [3.63, 3.8) is 0 Å². The second-order valence-electron chi connectivity index (χ2n) is 5.27. The highest BCUT2D eigenvalue weighted by Gasteiger charge is 2.13. The molecule has 0 amide bonds. The molecule has 2 N–H and O–H groups in total. The molecule has 0 aliphatic carbocycles. The second-order valence-corrected chi connectivity index (χ2v) is 6.12. The zero-order chi connectivity index (χ0) is 17.7. The Bertz CT molecular complexity index is 729. The third kappa shape index (κ3) is 4.30. The van der Waals surface area contributed by atoms with Gasteiger partial charge in [0.2, 0.25) is 0 Å². The lowest BCUT2D eigenvalue weighted by molar-refractivity contribution is 0.210. The van der Waals surface area contributed by atoms with E-state index in [1.165, 1.54) is 7.11 Å². The van der Waals surface area contributed by atoms with Crippen molar-refractivity contribution in [3.05, 3.63) is 52.0 Å². The van der Waals surface area contributed by atoms with Crippen LogP contribution in [0.5, 0.6) is 17.2 Å². The molecule has 6 heteroatoms. The first kappa shape index (κ1) is 18.4. The van der Waals surface area contributed by atoms with Gasteiger partial charge in [-0.15, -0.1) is 0 Å². The molecule has 0 radical (unpaired) electrons. The van der Waals surface area contributed by atoms with E-state index in [4.69, 9.17) is 43.8 Å². The summed E-state index contributed by atoms with van der Waals surface area (Å²) in [6, 6.07) is 9.39.